The summed E-state index contributed by atoms with van der Waals surface area (Å²) in [5, 5.41) is 24.3. The Bertz CT molecular complexity index is 2260. The number of aromatic nitrogens is 6. The zero-order valence-electron chi connectivity index (χ0n) is 26.9. The van der Waals surface area contributed by atoms with E-state index in [1.165, 1.54) is 18.2 Å². The van der Waals surface area contributed by atoms with Gasteiger partial charge in [0.1, 0.15) is 40.9 Å². The van der Waals surface area contributed by atoms with Gasteiger partial charge in [0.25, 0.3) is 12.3 Å². The minimum absolute atomic E-state index is 0.0629. The molecule has 51 heavy (non-hydrogen) atoms. The van der Waals surface area contributed by atoms with Crippen molar-refractivity contribution < 1.29 is 36.2 Å². The molecule has 0 radical (unpaired) electrons. The van der Waals surface area contributed by atoms with E-state index in [-0.39, 0.29) is 29.3 Å². The number of nitrogens with two attached hydrogens (primary N) is 1. The molecule has 0 spiro atoms. The quantitative estimate of drug-likeness (QED) is 0.149. The lowest BCUT2D eigenvalue weighted by Crippen LogP contribution is -2.35. The van der Waals surface area contributed by atoms with Gasteiger partial charge >= 0.3 is 0 Å². The van der Waals surface area contributed by atoms with Gasteiger partial charge in [-0.3, -0.25) is 13.9 Å². The van der Waals surface area contributed by atoms with Crippen molar-refractivity contribution in [3.8, 4) is 35.3 Å². The number of nitrogens with one attached hydrogen (secondary N) is 1. The molecule has 5 aromatic rings. The fraction of sp³-hybridized carbons (Fsp3) is 0.286. The third-order valence-corrected chi connectivity index (χ3v) is 8.06. The molecule has 262 valence electrons. The highest BCUT2D eigenvalue weighted by molar-refractivity contribution is 5.77. The van der Waals surface area contributed by atoms with Crippen LogP contribution < -0.4 is 11.1 Å². The molecule has 4 aromatic heterocycles. The Labute approximate surface area is 286 Å². The lowest BCUT2D eigenvalue weighted by molar-refractivity contribution is -0.122. The molecule has 0 fully saturated rings. The Hall–Kier alpha value is -5.87. The second-order valence-electron chi connectivity index (χ2n) is 12.5. The van der Waals surface area contributed by atoms with Crippen LogP contribution in [0.5, 0.6) is 0 Å². The summed E-state index contributed by atoms with van der Waals surface area (Å²) >= 11 is 0. The van der Waals surface area contributed by atoms with Crippen LogP contribution in [0.2, 0.25) is 0 Å². The Morgan fingerprint density at radius 2 is 1.86 bits per heavy atom. The third kappa shape index (κ3) is 7.22. The van der Waals surface area contributed by atoms with Crippen LogP contribution in [0.15, 0.2) is 48.7 Å². The number of rotatable bonds is 8. The maximum atomic E-state index is 15.1. The second-order valence-corrected chi connectivity index (χ2v) is 12.5. The van der Waals surface area contributed by atoms with Crippen LogP contribution in [0.25, 0.3) is 16.8 Å². The summed E-state index contributed by atoms with van der Waals surface area (Å²) in [7, 11) is 0. The highest BCUT2D eigenvalue weighted by Crippen LogP contribution is 2.50. The van der Waals surface area contributed by atoms with Crippen molar-refractivity contribution in [2.24, 2.45) is 0 Å². The van der Waals surface area contributed by atoms with E-state index in [4.69, 9.17) is 12.2 Å². The molecule has 0 saturated carbocycles. The van der Waals surface area contributed by atoms with Gasteiger partial charge in [-0.1, -0.05) is 11.8 Å². The zero-order chi connectivity index (χ0) is 36.8. The molecular weight excluding hydrogens is 678 g/mol. The minimum atomic E-state index is -3.66. The summed E-state index contributed by atoms with van der Waals surface area (Å²) in [6.07, 6.45) is 2.51. The molecule has 6 rings (SSSR count). The third-order valence-electron chi connectivity index (χ3n) is 8.06. The standard InChI is InChI=1S/C35H28F6N8O2/c1-4-19-15-35(40,41)31-28(19)30(32(38)39)47-49(31)17-27(50)44-25(13-18-11-21(36)14-22(37)12-18)29-24(7-6-23(43-29)9-10-34(2,3)51)20-5-8-26-45-46-33(42)48(26)16-20/h1,5-8,11-12,14,16,19,25,32,51H,13,15,17H2,2-3H3,(H2,42,46)(H,44,50)/t19-,25-/m0/s1. The molecule has 0 saturated heterocycles. The second kappa shape index (κ2) is 13.1. The number of terminal acetylenes is 1. The summed E-state index contributed by atoms with van der Waals surface area (Å²) in [5.41, 5.74) is 3.83. The summed E-state index contributed by atoms with van der Waals surface area (Å²) in [6, 6.07) is 7.94. The maximum Gasteiger partial charge on any atom is 0.291 e. The van der Waals surface area contributed by atoms with Gasteiger partial charge in [0.05, 0.1) is 17.7 Å². The van der Waals surface area contributed by atoms with Crippen molar-refractivity contribution in [1.29, 1.82) is 0 Å². The number of benzene rings is 1. The van der Waals surface area contributed by atoms with Crippen LogP contribution in [-0.2, 0) is 23.7 Å². The van der Waals surface area contributed by atoms with Gasteiger partial charge in [-0.25, -0.2) is 22.5 Å². The van der Waals surface area contributed by atoms with Gasteiger partial charge < -0.3 is 16.2 Å². The van der Waals surface area contributed by atoms with E-state index >= 15 is 8.78 Å². The molecule has 4 heterocycles. The molecule has 0 bridgehead atoms. The first-order chi connectivity index (χ1) is 24.0. The molecule has 0 aliphatic heterocycles. The van der Waals surface area contributed by atoms with Crippen LogP contribution in [0, 0.1) is 35.8 Å². The number of anilines is 1. The number of alkyl halides is 4. The number of fused-ring (bicyclic) bond motifs is 2. The number of hydrogen-bond donors (Lipinski definition) is 3. The highest BCUT2D eigenvalue weighted by Gasteiger charge is 2.51. The summed E-state index contributed by atoms with van der Waals surface area (Å²) in [6.45, 7) is 1.97. The van der Waals surface area contributed by atoms with Crippen molar-refractivity contribution in [3.63, 3.8) is 0 Å². The van der Waals surface area contributed by atoms with Crippen molar-refractivity contribution in [2.45, 2.75) is 63.1 Å². The number of hydrogen-bond acceptors (Lipinski definition) is 7. The molecule has 1 aromatic carbocycles. The summed E-state index contributed by atoms with van der Waals surface area (Å²) in [4.78, 5) is 18.4. The maximum absolute atomic E-state index is 15.1. The first-order valence-electron chi connectivity index (χ1n) is 15.4. The Morgan fingerprint density at radius 3 is 2.53 bits per heavy atom. The number of amides is 1. The van der Waals surface area contributed by atoms with Crippen LogP contribution in [0.3, 0.4) is 0 Å². The number of pyridine rings is 2. The topological polar surface area (TPSA) is 136 Å². The first kappa shape index (κ1) is 35.0. The summed E-state index contributed by atoms with van der Waals surface area (Å²) < 4.78 is 88.9. The number of carbonyl (C=O) groups excluding carboxylic acids is 1. The number of aliphatic hydroxyl groups is 1. The predicted octanol–water partition coefficient (Wildman–Crippen LogP) is 5.22. The molecule has 10 nitrogen and oxygen atoms in total. The lowest BCUT2D eigenvalue weighted by Gasteiger charge is -2.23. The Morgan fingerprint density at radius 1 is 1.14 bits per heavy atom. The predicted molar refractivity (Wildman–Crippen MR) is 172 cm³/mol. The van der Waals surface area contributed by atoms with Crippen molar-refractivity contribution in [1.82, 2.24) is 34.7 Å². The van der Waals surface area contributed by atoms with E-state index in [0.29, 0.717) is 27.5 Å². The van der Waals surface area contributed by atoms with Gasteiger partial charge in [0.2, 0.25) is 11.9 Å². The van der Waals surface area contributed by atoms with Crippen molar-refractivity contribution >= 4 is 17.5 Å². The molecule has 2 atom stereocenters. The molecule has 0 unspecified atom stereocenters. The van der Waals surface area contributed by atoms with Gasteiger partial charge in [0.15, 0.2) is 5.65 Å². The largest absolute Gasteiger partial charge is 0.378 e. The van der Waals surface area contributed by atoms with Crippen LogP contribution >= 0.6 is 0 Å². The lowest BCUT2D eigenvalue weighted by atomic mass is 9.95. The molecule has 4 N–H and O–H groups in total. The number of carbonyl (C=O) groups is 1. The molecule has 1 amide bonds. The van der Waals surface area contributed by atoms with Crippen molar-refractivity contribution in [2.75, 3.05) is 5.73 Å². The van der Waals surface area contributed by atoms with Gasteiger partial charge in [0, 0.05) is 35.4 Å². The molecule has 16 heteroatoms. The van der Waals surface area contributed by atoms with E-state index in [0.717, 1.165) is 12.1 Å². The normalized spacial score (nSPS) is 15.7. The van der Waals surface area contributed by atoms with Gasteiger partial charge in [-0.05, 0) is 68.2 Å². The monoisotopic (exact) mass is 706 g/mol. The summed E-state index contributed by atoms with van der Waals surface area (Å²) in [5.74, 6) is -0.213. The fourth-order valence-corrected chi connectivity index (χ4v) is 5.99. The Balaban J connectivity index is 1.47. The fourth-order valence-electron chi connectivity index (χ4n) is 5.99. The number of nitrogens with zero attached hydrogens (tertiary/aromatic N) is 6. The highest BCUT2D eigenvalue weighted by atomic mass is 19.3. The molecule has 1 aliphatic carbocycles. The van der Waals surface area contributed by atoms with Crippen molar-refractivity contribution in [3.05, 3.63) is 94.2 Å². The van der Waals surface area contributed by atoms with Gasteiger partial charge in [-0.15, -0.1) is 16.6 Å². The van der Waals surface area contributed by atoms with Crippen LogP contribution in [0.1, 0.15) is 72.6 Å². The van der Waals surface area contributed by atoms with E-state index < -0.39 is 77.4 Å². The average Bonchev–Trinajstić information content (AvgIpc) is 3.70. The first-order valence-corrected chi connectivity index (χ1v) is 15.4. The molecule has 1 aliphatic rings. The van der Waals surface area contributed by atoms with E-state index in [9.17, 15) is 27.5 Å². The van der Waals surface area contributed by atoms with E-state index in [1.54, 1.807) is 30.5 Å². The van der Waals surface area contributed by atoms with E-state index in [2.05, 4.69) is 43.4 Å². The SMILES string of the molecule is C#C[C@H]1CC(F)(F)c2c1c(C(F)F)nn2CC(=O)N[C@@H](Cc1cc(F)cc(F)c1)c1nc(C#CC(C)(C)O)ccc1-c1ccc2nnc(N)n2c1. The minimum Gasteiger partial charge on any atom is -0.378 e. The molecular formula is C35H28F6N8O2. The number of halogens is 6. The smallest absolute Gasteiger partial charge is 0.291 e. The van der Waals surface area contributed by atoms with Crippen LogP contribution in [-0.4, -0.2) is 46.0 Å². The average molecular weight is 707 g/mol. The van der Waals surface area contributed by atoms with Crippen LogP contribution in [0.4, 0.5) is 32.3 Å². The zero-order valence-corrected chi connectivity index (χ0v) is 26.9. The Kier molecular flexibility index (Phi) is 8.99. The van der Waals surface area contributed by atoms with E-state index in [1.807, 2.05) is 0 Å². The van der Waals surface area contributed by atoms with Gasteiger partial charge in [-0.2, -0.15) is 13.9 Å². The number of nitrogen functional groups attached to an aromatic ring is 1.